The molecule has 0 aliphatic heterocycles. The molecular formula is C10H17ClN2. The highest BCUT2D eigenvalue weighted by molar-refractivity contribution is 5.85. The fourth-order valence-corrected chi connectivity index (χ4v) is 1.14. The molecule has 1 aromatic carbocycles. The third-order valence-electron chi connectivity index (χ3n) is 2.07. The van der Waals surface area contributed by atoms with Gasteiger partial charge < -0.3 is 11.5 Å². The Labute approximate surface area is 85.7 Å². The first-order chi connectivity index (χ1) is 5.77. The molecule has 0 aliphatic rings. The molecule has 4 N–H and O–H groups in total. The van der Waals surface area contributed by atoms with Crippen molar-refractivity contribution in [3.63, 3.8) is 0 Å². The summed E-state index contributed by atoms with van der Waals surface area (Å²) in [7, 11) is 0. The second-order valence-electron chi connectivity index (χ2n) is 2.94. The maximum Gasteiger partial charge on any atom is 0.0419 e. The van der Waals surface area contributed by atoms with Crippen LogP contribution in [0.15, 0.2) is 24.3 Å². The van der Waals surface area contributed by atoms with Crippen LogP contribution < -0.4 is 11.5 Å². The zero-order valence-electron chi connectivity index (χ0n) is 7.86. The molecule has 13 heavy (non-hydrogen) atoms. The van der Waals surface area contributed by atoms with Crippen molar-refractivity contribution < 1.29 is 0 Å². The molecule has 0 fully saturated rings. The van der Waals surface area contributed by atoms with Crippen molar-refractivity contribution in [2.45, 2.75) is 19.4 Å². The molecule has 2 nitrogen and oxygen atoms in total. The molecule has 1 aromatic rings. The van der Waals surface area contributed by atoms with Crippen LogP contribution in [0.5, 0.6) is 0 Å². The Balaban J connectivity index is 0.00000144. The van der Waals surface area contributed by atoms with Crippen molar-refractivity contribution in [2.24, 2.45) is 11.5 Å². The average Bonchev–Trinajstić information content (AvgIpc) is 2.17. The van der Waals surface area contributed by atoms with Crippen LogP contribution in [0.3, 0.4) is 0 Å². The zero-order chi connectivity index (χ0) is 8.97. The largest absolute Gasteiger partial charge is 0.329 e. The van der Waals surface area contributed by atoms with E-state index < -0.39 is 0 Å². The predicted molar refractivity (Wildman–Crippen MR) is 59.1 cm³/mol. The van der Waals surface area contributed by atoms with E-state index in [-0.39, 0.29) is 18.4 Å². The van der Waals surface area contributed by atoms with Gasteiger partial charge in [0.15, 0.2) is 0 Å². The third kappa shape index (κ3) is 3.35. The van der Waals surface area contributed by atoms with Crippen LogP contribution in [-0.2, 0) is 6.42 Å². The van der Waals surface area contributed by atoms with Gasteiger partial charge in [-0.05, 0) is 17.5 Å². The van der Waals surface area contributed by atoms with Gasteiger partial charge in [0.2, 0.25) is 0 Å². The van der Waals surface area contributed by atoms with Crippen molar-refractivity contribution in [3.05, 3.63) is 35.4 Å². The van der Waals surface area contributed by atoms with Crippen molar-refractivity contribution in [3.8, 4) is 0 Å². The first-order valence-corrected chi connectivity index (χ1v) is 4.32. The highest BCUT2D eigenvalue weighted by Crippen LogP contribution is 2.10. The molecule has 0 amide bonds. The Morgan fingerprint density at radius 2 is 1.77 bits per heavy atom. The topological polar surface area (TPSA) is 52.0 Å². The molecular weight excluding hydrogens is 184 g/mol. The fourth-order valence-electron chi connectivity index (χ4n) is 1.14. The molecule has 0 bridgehead atoms. The zero-order valence-corrected chi connectivity index (χ0v) is 8.68. The molecule has 0 spiro atoms. The summed E-state index contributed by atoms with van der Waals surface area (Å²) in [5.41, 5.74) is 13.7. The van der Waals surface area contributed by atoms with Gasteiger partial charge in [-0.3, -0.25) is 0 Å². The highest BCUT2D eigenvalue weighted by atomic mass is 35.5. The van der Waals surface area contributed by atoms with Crippen LogP contribution in [0.4, 0.5) is 0 Å². The number of aryl methyl sites for hydroxylation is 1. The van der Waals surface area contributed by atoms with E-state index in [2.05, 4.69) is 31.2 Å². The van der Waals surface area contributed by atoms with E-state index in [9.17, 15) is 0 Å². The summed E-state index contributed by atoms with van der Waals surface area (Å²) in [6, 6.07) is 8.29. The van der Waals surface area contributed by atoms with Crippen LogP contribution in [-0.4, -0.2) is 6.54 Å². The Bertz CT molecular complexity index is 233. The van der Waals surface area contributed by atoms with E-state index >= 15 is 0 Å². The average molecular weight is 201 g/mol. The summed E-state index contributed by atoms with van der Waals surface area (Å²) < 4.78 is 0. The molecule has 0 saturated heterocycles. The third-order valence-corrected chi connectivity index (χ3v) is 2.07. The molecule has 0 radical (unpaired) electrons. The summed E-state index contributed by atoms with van der Waals surface area (Å²) in [5, 5.41) is 0. The van der Waals surface area contributed by atoms with E-state index in [0.29, 0.717) is 6.54 Å². The quantitative estimate of drug-likeness (QED) is 0.780. The molecule has 3 heteroatoms. The van der Waals surface area contributed by atoms with E-state index in [1.807, 2.05) is 0 Å². The summed E-state index contributed by atoms with van der Waals surface area (Å²) >= 11 is 0. The summed E-state index contributed by atoms with van der Waals surface area (Å²) in [5.74, 6) is 0. The number of hydrogen-bond acceptors (Lipinski definition) is 2. The smallest absolute Gasteiger partial charge is 0.0419 e. The van der Waals surface area contributed by atoms with Gasteiger partial charge in [0.1, 0.15) is 0 Å². The summed E-state index contributed by atoms with van der Waals surface area (Å²) in [4.78, 5) is 0. The van der Waals surface area contributed by atoms with Gasteiger partial charge in [-0.15, -0.1) is 12.4 Å². The van der Waals surface area contributed by atoms with Gasteiger partial charge in [0.25, 0.3) is 0 Å². The Hall–Kier alpha value is -0.570. The predicted octanol–water partition coefficient (Wildman–Crippen LogP) is 1.63. The lowest BCUT2D eigenvalue weighted by Gasteiger charge is -2.08. The van der Waals surface area contributed by atoms with Gasteiger partial charge in [-0.1, -0.05) is 31.2 Å². The van der Waals surface area contributed by atoms with Crippen LogP contribution in [0.2, 0.25) is 0 Å². The van der Waals surface area contributed by atoms with Gasteiger partial charge in [0.05, 0.1) is 0 Å². The minimum absolute atomic E-state index is 0. The molecule has 0 unspecified atom stereocenters. The second-order valence-corrected chi connectivity index (χ2v) is 2.94. The fraction of sp³-hybridized carbons (Fsp3) is 0.400. The van der Waals surface area contributed by atoms with Crippen LogP contribution >= 0.6 is 12.4 Å². The lowest BCUT2D eigenvalue weighted by molar-refractivity contribution is 0.736. The van der Waals surface area contributed by atoms with E-state index in [1.165, 1.54) is 5.56 Å². The molecule has 1 atom stereocenters. The number of benzene rings is 1. The van der Waals surface area contributed by atoms with Crippen molar-refractivity contribution >= 4 is 12.4 Å². The molecule has 0 aliphatic carbocycles. The van der Waals surface area contributed by atoms with Crippen LogP contribution in [0, 0.1) is 0 Å². The normalized spacial score (nSPS) is 11.9. The standard InChI is InChI=1S/C10H16N2.ClH/c1-2-8-3-5-9(6-4-8)10(12)7-11;/h3-6,10H,2,7,11-12H2,1H3;1H/t10-;/m0./s1. The maximum absolute atomic E-state index is 5.76. The SMILES string of the molecule is CCc1ccc([C@@H](N)CN)cc1.Cl. The van der Waals surface area contributed by atoms with Gasteiger partial charge in [0, 0.05) is 12.6 Å². The number of halogens is 1. The van der Waals surface area contributed by atoms with Gasteiger partial charge in [-0.25, -0.2) is 0 Å². The van der Waals surface area contributed by atoms with Crippen molar-refractivity contribution in [1.82, 2.24) is 0 Å². The summed E-state index contributed by atoms with van der Waals surface area (Å²) in [6.45, 7) is 2.64. The minimum Gasteiger partial charge on any atom is -0.329 e. The molecule has 0 aromatic heterocycles. The second kappa shape index (κ2) is 5.97. The molecule has 1 rings (SSSR count). The Kier molecular flexibility index (Phi) is 5.71. The van der Waals surface area contributed by atoms with Crippen molar-refractivity contribution in [2.75, 3.05) is 6.54 Å². The monoisotopic (exact) mass is 200 g/mol. The first-order valence-electron chi connectivity index (χ1n) is 4.32. The highest BCUT2D eigenvalue weighted by Gasteiger charge is 2.01. The minimum atomic E-state index is -0.0177. The lowest BCUT2D eigenvalue weighted by atomic mass is 10.0. The number of hydrogen-bond donors (Lipinski definition) is 2. The van der Waals surface area contributed by atoms with Gasteiger partial charge >= 0.3 is 0 Å². The Morgan fingerprint density at radius 3 is 2.15 bits per heavy atom. The molecule has 74 valence electrons. The van der Waals surface area contributed by atoms with Gasteiger partial charge in [-0.2, -0.15) is 0 Å². The van der Waals surface area contributed by atoms with E-state index in [1.54, 1.807) is 0 Å². The summed E-state index contributed by atoms with van der Waals surface area (Å²) in [6.07, 6.45) is 1.07. The molecule has 0 heterocycles. The van der Waals surface area contributed by atoms with Crippen LogP contribution in [0.25, 0.3) is 0 Å². The van der Waals surface area contributed by atoms with E-state index in [4.69, 9.17) is 11.5 Å². The van der Waals surface area contributed by atoms with Crippen molar-refractivity contribution in [1.29, 1.82) is 0 Å². The first kappa shape index (κ1) is 12.4. The number of nitrogens with two attached hydrogens (primary N) is 2. The maximum atomic E-state index is 5.76. The Morgan fingerprint density at radius 1 is 1.23 bits per heavy atom. The molecule has 0 saturated carbocycles. The van der Waals surface area contributed by atoms with E-state index in [0.717, 1.165) is 12.0 Å². The van der Waals surface area contributed by atoms with Crippen LogP contribution in [0.1, 0.15) is 24.1 Å². The lowest BCUT2D eigenvalue weighted by Crippen LogP contribution is -2.20. The number of rotatable bonds is 3.